The number of hydroxylamine groups is 2. The predicted molar refractivity (Wildman–Crippen MR) is 76.0 cm³/mol. The second-order valence-corrected chi connectivity index (χ2v) is 5.41. The fraction of sp³-hybridized carbons (Fsp3) is 0.364. The first-order chi connectivity index (χ1) is 9.65. The van der Waals surface area contributed by atoms with Crippen LogP contribution in [0.2, 0.25) is 0 Å². The Morgan fingerprint density at radius 3 is 2.20 bits per heavy atom. The first-order valence-corrected chi connectivity index (χ1v) is 7.48. The molecule has 1 heterocycles. The molecule has 1 aromatic heterocycles. The van der Waals surface area contributed by atoms with Gasteiger partial charge in [-0.05, 0) is 12.1 Å². The highest BCUT2D eigenvalue weighted by molar-refractivity contribution is 8.00. The van der Waals surface area contributed by atoms with Crippen molar-refractivity contribution in [3.05, 3.63) is 18.3 Å². The lowest BCUT2D eigenvalue weighted by Gasteiger charge is -2.04. The van der Waals surface area contributed by atoms with Crippen molar-refractivity contribution in [3.8, 4) is 0 Å². The smallest absolute Gasteiger partial charge is 0.253 e. The van der Waals surface area contributed by atoms with Crippen molar-refractivity contribution in [2.45, 2.75) is 9.92 Å². The second kappa shape index (κ2) is 9.59. The fourth-order valence-corrected chi connectivity index (χ4v) is 2.39. The van der Waals surface area contributed by atoms with Gasteiger partial charge >= 0.3 is 0 Å². The Morgan fingerprint density at radius 1 is 1.10 bits per heavy atom. The molecule has 20 heavy (non-hydrogen) atoms. The molecule has 1 rings (SSSR count). The topological polar surface area (TPSA) is 89.5 Å². The summed E-state index contributed by atoms with van der Waals surface area (Å²) in [5, 5.41) is 0.724. The molecule has 0 aliphatic carbocycles. The molecule has 9 heteroatoms. The van der Waals surface area contributed by atoms with Crippen LogP contribution in [0.1, 0.15) is 0 Å². The summed E-state index contributed by atoms with van der Waals surface area (Å²) in [6.07, 6.45) is 1.65. The maximum Gasteiger partial charge on any atom is 0.253 e. The third-order valence-electron chi connectivity index (χ3n) is 1.86. The van der Waals surface area contributed by atoms with E-state index in [1.54, 1.807) is 12.3 Å². The number of nitrogens with zero attached hydrogens (tertiary/aromatic N) is 1. The number of nitrogens with one attached hydrogen (secondary N) is 2. The molecule has 0 fully saturated rings. The van der Waals surface area contributed by atoms with E-state index in [2.05, 4.69) is 25.6 Å². The van der Waals surface area contributed by atoms with E-state index in [1.807, 2.05) is 6.07 Å². The van der Waals surface area contributed by atoms with E-state index in [4.69, 9.17) is 0 Å². The number of thioether (sulfide) groups is 2. The lowest BCUT2D eigenvalue weighted by molar-refractivity contribution is -0.129. The van der Waals surface area contributed by atoms with E-state index < -0.39 is 0 Å². The Kier molecular flexibility index (Phi) is 8.04. The van der Waals surface area contributed by atoms with Crippen molar-refractivity contribution in [2.75, 3.05) is 25.7 Å². The SMILES string of the molecule is CONC(=O)CSc1ccc(SCC(=O)NOC)nc1. The van der Waals surface area contributed by atoms with Crippen LogP contribution in [0.15, 0.2) is 28.3 Å². The maximum atomic E-state index is 11.2. The number of carbonyl (C=O) groups excluding carboxylic acids is 2. The molecular formula is C11H15N3O4S2. The Morgan fingerprint density at radius 2 is 1.70 bits per heavy atom. The number of amides is 2. The summed E-state index contributed by atoms with van der Waals surface area (Å²) in [5.41, 5.74) is 4.46. The van der Waals surface area contributed by atoms with Crippen LogP contribution in [0.25, 0.3) is 0 Å². The van der Waals surface area contributed by atoms with Gasteiger partial charge in [-0.1, -0.05) is 11.8 Å². The van der Waals surface area contributed by atoms with Gasteiger partial charge in [-0.15, -0.1) is 11.8 Å². The van der Waals surface area contributed by atoms with Gasteiger partial charge in [-0.25, -0.2) is 15.9 Å². The van der Waals surface area contributed by atoms with Crippen LogP contribution >= 0.6 is 23.5 Å². The number of pyridine rings is 1. The summed E-state index contributed by atoms with van der Waals surface area (Å²) in [6.45, 7) is 0. The zero-order valence-electron chi connectivity index (χ0n) is 11.0. The van der Waals surface area contributed by atoms with Crippen molar-refractivity contribution in [1.29, 1.82) is 0 Å². The standard InChI is InChI=1S/C11H15N3O4S2/c1-17-13-9(15)6-19-8-3-4-11(12-5-8)20-7-10(16)14-18-2/h3-5H,6-7H2,1-2H3,(H,13,15)(H,14,16). The van der Waals surface area contributed by atoms with E-state index in [0.29, 0.717) is 0 Å². The van der Waals surface area contributed by atoms with E-state index >= 15 is 0 Å². The highest BCUT2D eigenvalue weighted by Crippen LogP contribution is 2.20. The van der Waals surface area contributed by atoms with Gasteiger partial charge in [-0.3, -0.25) is 19.3 Å². The van der Waals surface area contributed by atoms with Crippen molar-refractivity contribution in [3.63, 3.8) is 0 Å². The monoisotopic (exact) mass is 317 g/mol. The molecule has 0 saturated heterocycles. The minimum Gasteiger partial charge on any atom is -0.277 e. The maximum absolute atomic E-state index is 11.2. The first-order valence-electron chi connectivity index (χ1n) is 5.51. The lowest BCUT2D eigenvalue weighted by Crippen LogP contribution is -2.23. The second-order valence-electron chi connectivity index (χ2n) is 3.37. The minimum absolute atomic E-state index is 0.216. The summed E-state index contributed by atoms with van der Waals surface area (Å²) >= 11 is 2.64. The molecule has 0 saturated carbocycles. The predicted octanol–water partition coefficient (Wildman–Crippen LogP) is 0.621. The fourth-order valence-electron chi connectivity index (χ4n) is 1.11. The Hall–Kier alpha value is -1.29. The number of aromatic nitrogens is 1. The molecule has 7 nitrogen and oxygen atoms in total. The minimum atomic E-state index is -0.228. The van der Waals surface area contributed by atoms with E-state index in [1.165, 1.54) is 37.7 Å². The number of carbonyl (C=O) groups is 2. The summed E-state index contributed by atoms with van der Waals surface area (Å²) < 4.78 is 0. The Balaban J connectivity index is 2.36. The van der Waals surface area contributed by atoms with Crippen LogP contribution in [0.5, 0.6) is 0 Å². The van der Waals surface area contributed by atoms with Crippen LogP contribution < -0.4 is 11.0 Å². The van der Waals surface area contributed by atoms with Crippen molar-refractivity contribution >= 4 is 35.3 Å². The normalized spacial score (nSPS) is 10.1. The molecule has 0 spiro atoms. The summed E-state index contributed by atoms with van der Waals surface area (Å²) in [7, 11) is 2.77. The molecule has 0 bridgehead atoms. The van der Waals surface area contributed by atoms with Gasteiger partial charge in [0.15, 0.2) is 0 Å². The van der Waals surface area contributed by atoms with Crippen LogP contribution in [0, 0.1) is 0 Å². The molecule has 0 aliphatic rings. The molecule has 0 aromatic carbocycles. The molecule has 0 radical (unpaired) electrons. The lowest BCUT2D eigenvalue weighted by atomic mass is 10.5. The Labute approximate surface area is 125 Å². The summed E-state index contributed by atoms with van der Waals surface area (Å²) in [4.78, 5) is 36.4. The van der Waals surface area contributed by atoms with Crippen LogP contribution in [0.3, 0.4) is 0 Å². The van der Waals surface area contributed by atoms with Gasteiger partial charge in [0.25, 0.3) is 11.8 Å². The third-order valence-corrected chi connectivity index (χ3v) is 3.79. The van der Waals surface area contributed by atoms with Gasteiger partial charge in [-0.2, -0.15) is 0 Å². The zero-order valence-corrected chi connectivity index (χ0v) is 12.7. The van der Waals surface area contributed by atoms with Gasteiger partial charge < -0.3 is 0 Å². The quantitative estimate of drug-likeness (QED) is 0.536. The van der Waals surface area contributed by atoms with Crippen LogP contribution in [-0.2, 0) is 19.3 Å². The van der Waals surface area contributed by atoms with E-state index in [9.17, 15) is 9.59 Å². The van der Waals surface area contributed by atoms with E-state index in [-0.39, 0.29) is 23.3 Å². The molecule has 0 unspecified atom stereocenters. The average molecular weight is 317 g/mol. The van der Waals surface area contributed by atoms with E-state index in [0.717, 1.165) is 9.92 Å². The van der Waals surface area contributed by atoms with Crippen LogP contribution in [0.4, 0.5) is 0 Å². The molecule has 110 valence electrons. The zero-order chi connectivity index (χ0) is 14.8. The summed E-state index contributed by atoms with van der Waals surface area (Å²) in [5.74, 6) is 0.0307. The number of hydrogen-bond donors (Lipinski definition) is 2. The molecule has 1 aromatic rings. The third kappa shape index (κ3) is 6.75. The highest BCUT2D eigenvalue weighted by Gasteiger charge is 2.05. The van der Waals surface area contributed by atoms with Crippen molar-refractivity contribution in [1.82, 2.24) is 15.9 Å². The van der Waals surface area contributed by atoms with Crippen LogP contribution in [-0.4, -0.2) is 42.5 Å². The molecular weight excluding hydrogens is 302 g/mol. The largest absolute Gasteiger partial charge is 0.277 e. The molecule has 0 aliphatic heterocycles. The average Bonchev–Trinajstić information content (AvgIpc) is 2.45. The van der Waals surface area contributed by atoms with Crippen molar-refractivity contribution in [2.24, 2.45) is 0 Å². The first kappa shape index (κ1) is 16.8. The Bertz CT molecular complexity index is 401. The van der Waals surface area contributed by atoms with Gasteiger partial charge in [0.1, 0.15) is 0 Å². The highest BCUT2D eigenvalue weighted by atomic mass is 32.2. The van der Waals surface area contributed by atoms with Gasteiger partial charge in [0.2, 0.25) is 0 Å². The van der Waals surface area contributed by atoms with Crippen molar-refractivity contribution < 1.29 is 19.3 Å². The molecule has 2 N–H and O–H groups in total. The number of hydrogen-bond acceptors (Lipinski definition) is 7. The summed E-state index contributed by atoms with van der Waals surface area (Å²) in [6, 6.07) is 3.63. The number of rotatable bonds is 8. The molecule has 2 amide bonds. The van der Waals surface area contributed by atoms with Gasteiger partial charge in [0.05, 0.1) is 30.8 Å². The van der Waals surface area contributed by atoms with Gasteiger partial charge in [0, 0.05) is 11.1 Å². The molecule has 0 atom stereocenters.